The van der Waals surface area contributed by atoms with Gasteiger partial charge in [0.1, 0.15) is 5.75 Å². The summed E-state index contributed by atoms with van der Waals surface area (Å²) in [6.45, 7) is 2.49. The number of nitrogens with one attached hydrogen (secondary N) is 2. The normalized spacial score (nSPS) is 16.2. The van der Waals surface area contributed by atoms with E-state index in [1.54, 1.807) is 17.9 Å². The number of amides is 1. The van der Waals surface area contributed by atoms with Gasteiger partial charge in [-0.2, -0.15) is 0 Å². The van der Waals surface area contributed by atoms with Crippen LogP contribution in [0.3, 0.4) is 0 Å². The van der Waals surface area contributed by atoms with Crippen LogP contribution >= 0.6 is 0 Å². The van der Waals surface area contributed by atoms with Crippen molar-refractivity contribution in [2.75, 3.05) is 13.7 Å². The second kappa shape index (κ2) is 13.5. The summed E-state index contributed by atoms with van der Waals surface area (Å²) in [6, 6.07) is 22.8. The van der Waals surface area contributed by atoms with Crippen LogP contribution in [0.2, 0.25) is 0 Å². The monoisotopic (exact) mass is 622 g/mol. The average Bonchev–Trinajstić information content (AvgIpc) is 3.59. The van der Waals surface area contributed by atoms with Gasteiger partial charge >= 0.3 is 0 Å². The highest BCUT2D eigenvalue weighted by molar-refractivity contribution is 5.92. The highest BCUT2D eigenvalue weighted by atomic mass is 16.7. The molecule has 1 aliphatic rings. The number of carbonyl (C=O) groups is 1. The van der Waals surface area contributed by atoms with E-state index >= 15 is 0 Å². The minimum Gasteiger partial charge on any atom is -0.497 e. The molecule has 1 amide bonds. The standard InChI is InChI=1S/C36H38N4O6/c1-23-34(36(43)40(39(23)2)28-7-5-4-6-8-28)27-17-32(46-33(18-27)45-22-25-11-9-24(21-41)10-12-25)35(42)37-16-15-26-20-38-31-14-13-29(44-3)19-30(26)31/h4-14,17,19-20,27,33,38,41H,15-16,18,21-22H2,1-3H3,(H,37,42). The molecule has 10 nitrogen and oxygen atoms in total. The van der Waals surface area contributed by atoms with Crippen molar-refractivity contribution in [1.82, 2.24) is 19.7 Å². The Morgan fingerprint density at radius 1 is 1.09 bits per heavy atom. The van der Waals surface area contributed by atoms with Crippen molar-refractivity contribution in [1.29, 1.82) is 0 Å². The van der Waals surface area contributed by atoms with Crippen molar-refractivity contribution in [2.24, 2.45) is 7.05 Å². The Bertz CT molecular complexity index is 1920. The van der Waals surface area contributed by atoms with E-state index < -0.39 is 12.2 Å². The Morgan fingerprint density at radius 3 is 2.59 bits per heavy atom. The van der Waals surface area contributed by atoms with Crippen LogP contribution in [0.15, 0.2) is 95.6 Å². The number of aliphatic hydroxyl groups is 1. The van der Waals surface area contributed by atoms with Crippen LogP contribution in [-0.4, -0.2) is 45.3 Å². The molecule has 3 heterocycles. The van der Waals surface area contributed by atoms with Crippen molar-refractivity contribution in [3.63, 3.8) is 0 Å². The quantitative estimate of drug-likeness (QED) is 0.196. The third-order valence-corrected chi connectivity index (χ3v) is 8.55. The number of allylic oxidation sites excluding steroid dienone is 1. The fraction of sp³-hybridized carbons (Fsp3) is 0.278. The summed E-state index contributed by atoms with van der Waals surface area (Å²) in [5, 5.41) is 13.4. The second-order valence-electron chi connectivity index (χ2n) is 11.4. The van der Waals surface area contributed by atoms with Gasteiger partial charge in [0.2, 0.25) is 6.29 Å². The number of hydrogen-bond donors (Lipinski definition) is 3. The van der Waals surface area contributed by atoms with Crippen molar-refractivity contribution >= 4 is 16.8 Å². The first-order valence-corrected chi connectivity index (χ1v) is 15.3. The average molecular weight is 623 g/mol. The number of aromatic nitrogens is 3. The topological polar surface area (TPSA) is 120 Å². The van der Waals surface area contributed by atoms with Crippen molar-refractivity contribution in [3.05, 3.63) is 129 Å². The maximum atomic E-state index is 13.9. The molecule has 0 saturated heterocycles. The van der Waals surface area contributed by atoms with Gasteiger partial charge in [-0.3, -0.25) is 14.3 Å². The number of hydrogen-bond acceptors (Lipinski definition) is 6. The van der Waals surface area contributed by atoms with Crippen molar-refractivity contribution < 1.29 is 24.1 Å². The SMILES string of the molecule is COc1ccc2[nH]cc(CCNC(=O)C3=CC(c4c(C)n(C)n(-c5ccccc5)c4=O)CC(OCc4ccc(CO)cc4)O3)c2c1. The Hall–Kier alpha value is -5.06. The van der Waals surface area contributed by atoms with Gasteiger partial charge in [-0.15, -0.1) is 0 Å². The molecular formula is C36H38N4O6. The zero-order valence-corrected chi connectivity index (χ0v) is 26.2. The van der Waals surface area contributed by atoms with Crippen LogP contribution < -0.4 is 15.6 Å². The molecule has 2 atom stereocenters. The minimum atomic E-state index is -0.765. The molecule has 5 aromatic rings. The van der Waals surface area contributed by atoms with Gasteiger partial charge < -0.3 is 29.6 Å². The van der Waals surface area contributed by atoms with E-state index in [1.807, 2.05) is 97.6 Å². The van der Waals surface area contributed by atoms with Gasteiger partial charge in [-0.25, -0.2) is 4.68 Å². The number of ether oxygens (including phenoxy) is 3. The molecule has 3 N–H and O–H groups in total. The molecule has 0 aliphatic carbocycles. The maximum absolute atomic E-state index is 13.9. The van der Waals surface area contributed by atoms with E-state index in [-0.39, 0.29) is 30.4 Å². The molecule has 10 heteroatoms. The summed E-state index contributed by atoms with van der Waals surface area (Å²) < 4.78 is 21.1. The number of para-hydroxylation sites is 1. The van der Waals surface area contributed by atoms with Gasteiger partial charge in [0.25, 0.3) is 11.5 Å². The van der Waals surface area contributed by atoms with Crippen LogP contribution in [0.25, 0.3) is 16.6 Å². The molecule has 0 radical (unpaired) electrons. The largest absolute Gasteiger partial charge is 0.497 e. The predicted octanol–water partition coefficient (Wildman–Crippen LogP) is 4.76. The molecule has 46 heavy (non-hydrogen) atoms. The molecule has 6 rings (SSSR count). The molecule has 238 valence electrons. The molecule has 1 aliphatic heterocycles. The number of methoxy groups -OCH3 is 1. The van der Waals surface area contributed by atoms with E-state index in [1.165, 1.54) is 0 Å². The van der Waals surface area contributed by atoms with Gasteiger partial charge in [-0.05, 0) is 66.4 Å². The number of nitrogens with zero attached hydrogens (tertiary/aromatic N) is 2. The minimum absolute atomic E-state index is 0.0384. The zero-order chi connectivity index (χ0) is 32.2. The van der Waals surface area contributed by atoms with Crippen LogP contribution in [0.5, 0.6) is 5.75 Å². The number of aliphatic hydroxyl groups excluding tert-OH is 1. The first-order valence-electron chi connectivity index (χ1n) is 15.3. The van der Waals surface area contributed by atoms with E-state index in [0.717, 1.165) is 44.7 Å². The Kier molecular flexibility index (Phi) is 9.09. The Labute approximate surface area is 266 Å². The third kappa shape index (κ3) is 6.35. The predicted molar refractivity (Wildman–Crippen MR) is 175 cm³/mol. The fourth-order valence-electron chi connectivity index (χ4n) is 5.95. The smallest absolute Gasteiger partial charge is 0.286 e. The summed E-state index contributed by atoms with van der Waals surface area (Å²) in [5.74, 6) is 0.0921. The molecular weight excluding hydrogens is 584 g/mol. The van der Waals surface area contributed by atoms with E-state index in [9.17, 15) is 14.7 Å². The summed E-state index contributed by atoms with van der Waals surface area (Å²) in [7, 11) is 3.49. The number of carbonyl (C=O) groups excluding carboxylic acids is 1. The number of H-pyrrole nitrogens is 1. The zero-order valence-electron chi connectivity index (χ0n) is 26.2. The molecule has 0 fully saturated rings. The highest BCUT2D eigenvalue weighted by Gasteiger charge is 2.33. The van der Waals surface area contributed by atoms with Gasteiger partial charge in [0, 0.05) is 54.3 Å². The van der Waals surface area contributed by atoms with Crippen LogP contribution in [0.4, 0.5) is 0 Å². The molecule has 0 bridgehead atoms. The van der Waals surface area contributed by atoms with E-state index in [0.29, 0.717) is 24.9 Å². The van der Waals surface area contributed by atoms with Crippen LogP contribution in [-0.2, 0) is 41.0 Å². The molecule has 2 unspecified atom stereocenters. The highest BCUT2D eigenvalue weighted by Crippen LogP contribution is 2.33. The van der Waals surface area contributed by atoms with Crippen molar-refractivity contribution in [2.45, 2.75) is 45.2 Å². The lowest BCUT2D eigenvalue weighted by atomic mass is 9.93. The maximum Gasteiger partial charge on any atom is 0.286 e. The fourth-order valence-corrected chi connectivity index (χ4v) is 5.95. The lowest BCUT2D eigenvalue weighted by Crippen LogP contribution is -2.34. The summed E-state index contributed by atoms with van der Waals surface area (Å²) in [4.78, 5) is 30.7. The van der Waals surface area contributed by atoms with E-state index in [2.05, 4.69) is 10.3 Å². The molecule has 0 saturated carbocycles. The van der Waals surface area contributed by atoms with E-state index in [4.69, 9.17) is 14.2 Å². The summed E-state index contributed by atoms with van der Waals surface area (Å²) >= 11 is 0. The molecule has 3 aromatic carbocycles. The lowest BCUT2D eigenvalue weighted by Gasteiger charge is -2.29. The summed E-state index contributed by atoms with van der Waals surface area (Å²) in [5.41, 5.74) is 5.75. The molecule has 0 spiro atoms. The first kappa shape index (κ1) is 30.9. The Morgan fingerprint density at radius 2 is 1.85 bits per heavy atom. The first-order chi connectivity index (χ1) is 22.4. The number of benzene rings is 3. The third-order valence-electron chi connectivity index (χ3n) is 8.55. The summed E-state index contributed by atoms with van der Waals surface area (Å²) in [6.07, 6.45) is 3.87. The number of aromatic amines is 1. The van der Waals surface area contributed by atoms with Gasteiger partial charge in [0.05, 0.1) is 26.0 Å². The lowest BCUT2D eigenvalue weighted by molar-refractivity contribution is -0.150. The van der Waals surface area contributed by atoms with Gasteiger partial charge in [-0.1, -0.05) is 42.5 Å². The van der Waals surface area contributed by atoms with Crippen LogP contribution in [0.1, 0.15) is 40.3 Å². The second-order valence-corrected chi connectivity index (χ2v) is 11.4. The molecule has 2 aromatic heterocycles. The number of rotatable bonds is 11. The van der Waals surface area contributed by atoms with Crippen molar-refractivity contribution in [3.8, 4) is 11.4 Å². The van der Waals surface area contributed by atoms with Crippen LogP contribution in [0, 0.1) is 6.92 Å². The van der Waals surface area contributed by atoms with Gasteiger partial charge in [0.15, 0.2) is 5.76 Å². The number of fused-ring (bicyclic) bond motifs is 1. The Balaban J connectivity index is 1.24.